The van der Waals surface area contributed by atoms with E-state index in [0.29, 0.717) is 25.0 Å². The van der Waals surface area contributed by atoms with E-state index in [1.165, 1.54) is 11.1 Å². The van der Waals surface area contributed by atoms with Crippen LogP contribution in [0.2, 0.25) is 0 Å². The first-order valence-corrected chi connectivity index (χ1v) is 8.66. The Balaban J connectivity index is 0.00000196. The molecule has 0 saturated carbocycles. The molecule has 0 aliphatic carbocycles. The van der Waals surface area contributed by atoms with Gasteiger partial charge in [-0.25, -0.2) is 9.98 Å². The number of hydrogen-bond acceptors (Lipinski definition) is 4. The summed E-state index contributed by atoms with van der Waals surface area (Å²) in [7, 11) is 0. The Kier molecular flexibility index (Phi) is 5.49. The molecule has 0 aromatic heterocycles. The van der Waals surface area contributed by atoms with E-state index in [-0.39, 0.29) is 29.2 Å². The van der Waals surface area contributed by atoms with Crippen molar-refractivity contribution in [3.05, 3.63) is 71.8 Å². The van der Waals surface area contributed by atoms with Gasteiger partial charge >= 0.3 is 17.1 Å². The SMILES string of the molecule is CC(C)(C1=N[C@H](c2ccccc2)CO1)C1=N[C@H](c2ccccc2)CO1.[CuH]. The zero-order valence-corrected chi connectivity index (χ0v) is 15.9. The molecule has 2 aliphatic heterocycles. The van der Waals surface area contributed by atoms with Gasteiger partial charge in [0.1, 0.15) is 30.7 Å². The van der Waals surface area contributed by atoms with Gasteiger partial charge in [-0.05, 0) is 25.0 Å². The van der Waals surface area contributed by atoms with E-state index in [4.69, 9.17) is 19.5 Å². The molecule has 2 aliphatic rings. The minimum atomic E-state index is -0.465. The third-order valence-electron chi connectivity index (χ3n) is 4.74. The van der Waals surface area contributed by atoms with Gasteiger partial charge in [-0.1, -0.05) is 60.7 Å². The average molecular weight is 399 g/mol. The first kappa shape index (κ1) is 18.7. The third kappa shape index (κ3) is 3.55. The van der Waals surface area contributed by atoms with Crippen LogP contribution in [0.15, 0.2) is 70.6 Å². The summed E-state index contributed by atoms with van der Waals surface area (Å²) in [4.78, 5) is 9.61. The van der Waals surface area contributed by atoms with Crippen LogP contribution < -0.4 is 0 Å². The van der Waals surface area contributed by atoms with Crippen LogP contribution >= 0.6 is 0 Å². The van der Waals surface area contributed by atoms with Crippen molar-refractivity contribution >= 4 is 11.8 Å². The van der Waals surface area contributed by atoms with Crippen LogP contribution in [0.4, 0.5) is 0 Å². The van der Waals surface area contributed by atoms with E-state index in [1.54, 1.807) is 0 Å². The molecule has 0 amide bonds. The van der Waals surface area contributed by atoms with Crippen LogP contribution in [-0.2, 0) is 26.5 Å². The Morgan fingerprint density at radius 2 is 1.12 bits per heavy atom. The van der Waals surface area contributed by atoms with Crippen molar-refractivity contribution in [2.45, 2.75) is 25.9 Å². The van der Waals surface area contributed by atoms with Gasteiger partial charge in [-0.15, -0.1) is 0 Å². The summed E-state index contributed by atoms with van der Waals surface area (Å²) in [5.41, 5.74) is 1.88. The Bertz CT molecular complexity index is 736. The predicted molar refractivity (Wildman–Crippen MR) is 100 cm³/mol. The molecule has 0 spiro atoms. The second-order valence-electron chi connectivity index (χ2n) is 6.97. The van der Waals surface area contributed by atoms with Crippen molar-refractivity contribution in [2.24, 2.45) is 15.4 Å². The Labute approximate surface area is 164 Å². The minimum absolute atomic E-state index is 0. The van der Waals surface area contributed by atoms with Gasteiger partial charge in [0.2, 0.25) is 0 Å². The zero-order valence-electron chi connectivity index (χ0n) is 14.9. The number of nitrogens with zero attached hydrogens (tertiary/aromatic N) is 2. The Morgan fingerprint density at radius 3 is 1.50 bits per heavy atom. The summed E-state index contributed by atoms with van der Waals surface area (Å²) in [5, 5.41) is 0. The molecule has 2 heterocycles. The van der Waals surface area contributed by atoms with Crippen molar-refractivity contribution in [1.29, 1.82) is 0 Å². The van der Waals surface area contributed by atoms with Crippen molar-refractivity contribution in [3.8, 4) is 0 Å². The number of hydrogen-bond donors (Lipinski definition) is 0. The standard InChI is InChI=1S/C21H22N2O2.Cu.H/c1-21(2,19-22-17(13-24-19)15-9-5-3-6-10-15)20-23-18(14-25-20)16-11-7-4-8-12-16;;/h3-12,17-18H,13-14H2,1-2H3;;/t17-,18-;;/m0../s1. The topological polar surface area (TPSA) is 43.2 Å². The van der Waals surface area contributed by atoms with Crippen LogP contribution in [0.1, 0.15) is 37.1 Å². The van der Waals surface area contributed by atoms with E-state index < -0.39 is 5.41 Å². The first-order chi connectivity index (χ1) is 12.1. The second-order valence-corrected chi connectivity index (χ2v) is 6.97. The molecule has 0 N–H and O–H groups in total. The van der Waals surface area contributed by atoms with Crippen molar-refractivity contribution < 1.29 is 26.5 Å². The van der Waals surface area contributed by atoms with Crippen molar-refractivity contribution in [3.63, 3.8) is 0 Å². The average Bonchev–Trinajstić information content (AvgIpc) is 3.34. The van der Waals surface area contributed by atoms with E-state index in [2.05, 4.69) is 38.1 Å². The second kappa shape index (κ2) is 7.65. The molecule has 140 valence electrons. The molecule has 0 fully saturated rings. The number of ether oxygens (including phenoxy) is 2. The summed E-state index contributed by atoms with van der Waals surface area (Å²) in [6, 6.07) is 20.6. The van der Waals surface area contributed by atoms with Crippen LogP contribution in [-0.4, -0.2) is 25.0 Å². The van der Waals surface area contributed by atoms with Crippen molar-refractivity contribution in [1.82, 2.24) is 0 Å². The first-order valence-electron chi connectivity index (χ1n) is 8.66. The summed E-state index contributed by atoms with van der Waals surface area (Å²) < 4.78 is 11.9. The summed E-state index contributed by atoms with van der Waals surface area (Å²) in [6.07, 6.45) is 0. The fraction of sp³-hybridized carbons (Fsp3) is 0.333. The molecule has 4 nitrogen and oxygen atoms in total. The molecule has 2 aromatic rings. The van der Waals surface area contributed by atoms with Gasteiger partial charge in [0.15, 0.2) is 11.8 Å². The van der Waals surface area contributed by atoms with E-state index in [1.807, 2.05) is 36.4 Å². The number of aliphatic imine (C=N–C) groups is 2. The monoisotopic (exact) mass is 398 g/mol. The van der Waals surface area contributed by atoms with Crippen LogP contribution in [0, 0.1) is 5.41 Å². The van der Waals surface area contributed by atoms with E-state index >= 15 is 0 Å². The quantitative estimate of drug-likeness (QED) is 0.728. The third-order valence-corrected chi connectivity index (χ3v) is 4.74. The van der Waals surface area contributed by atoms with Crippen molar-refractivity contribution in [2.75, 3.05) is 13.2 Å². The fourth-order valence-electron chi connectivity index (χ4n) is 3.21. The molecule has 5 heteroatoms. The van der Waals surface area contributed by atoms with Crippen LogP contribution in [0.3, 0.4) is 0 Å². The summed E-state index contributed by atoms with van der Waals surface area (Å²) >= 11 is 0. The normalized spacial score (nSPS) is 21.9. The van der Waals surface area contributed by atoms with Gasteiger partial charge in [0.25, 0.3) is 0 Å². The van der Waals surface area contributed by atoms with E-state index in [9.17, 15) is 0 Å². The summed E-state index contributed by atoms with van der Waals surface area (Å²) in [6.45, 7) is 5.26. The Hall–Kier alpha value is -2.10. The van der Waals surface area contributed by atoms with Gasteiger partial charge in [-0.3, -0.25) is 0 Å². The van der Waals surface area contributed by atoms with Gasteiger partial charge in [0, 0.05) is 0 Å². The predicted octanol–water partition coefficient (Wildman–Crippen LogP) is 4.08. The number of benzene rings is 2. The molecule has 26 heavy (non-hydrogen) atoms. The molecule has 2 atom stereocenters. The fourth-order valence-corrected chi connectivity index (χ4v) is 3.21. The molecule has 4 rings (SSSR count). The molecule has 0 bridgehead atoms. The van der Waals surface area contributed by atoms with E-state index in [0.717, 1.165) is 0 Å². The molecular formula is C21H23CuN2O2. The number of rotatable bonds is 4. The van der Waals surface area contributed by atoms with Crippen LogP contribution in [0.5, 0.6) is 0 Å². The Morgan fingerprint density at radius 1 is 0.731 bits per heavy atom. The molecule has 0 unspecified atom stereocenters. The zero-order chi connectivity index (χ0) is 17.3. The molecule has 2 aromatic carbocycles. The molecule has 1 radical (unpaired) electrons. The summed E-state index contributed by atoms with van der Waals surface area (Å²) in [5.74, 6) is 1.41. The van der Waals surface area contributed by atoms with Crippen LogP contribution in [0.25, 0.3) is 0 Å². The van der Waals surface area contributed by atoms with Gasteiger partial charge < -0.3 is 9.47 Å². The van der Waals surface area contributed by atoms with Gasteiger partial charge in [-0.2, -0.15) is 0 Å². The van der Waals surface area contributed by atoms with Gasteiger partial charge in [0.05, 0.1) is 0 Å². The molecular weight excluding hydrogens is 376 g/mol. The maximum absolute atomic E-state index is 5.93. The molecule has 0 saturated heterocycles. The maximum atomic E-state index is 5.93.